The Hall–Kier alpha value is -4.38. The first-order valence-electron chi connectivity index (χ1n) is 18.5. The summed E-state index contributed by atoms with van der Waals surface area (Å²) in [4.78, 5) is 24.4. The Labute approximate surface area is 295 Å². The van der Waals surface area contributed by atoms with Crippen molar-refractivity contribution in [1.29, 1.82) is 0 Å². The number of unbranched alkanes of at least 4 members (excludes halogenated alkanes) is 3. The number of carbonyl (C=O) groups is 2. The summed E-state index contributed by atoms with van der Waals surface area (Å²) in [7, 11) is 0. The number of aryl methyl sites for hydroxylation is 2. The van der Waals surface area contributed by atoms with Crippen molar-refractivity contribution in [3.05, 3.63) is 85.9 Å². The molecule has 3 aromatic carbocycles. The van der Waals surface area contributed by atoms with Gasteiger partial charge in [-0.3, -0.25) is 4.79 Å². The number of alkyl halides is 3. The van der Waals surface area contributed by atoms with E-state index < -0.39 is 12.1 Å². The first kappa shape index (κ1) is 35.0. The largest absolute Gasteiger partial charge is 0.542 e. The van der Waals surface area contributed by atoms with Crippen LogP contribution in [0, 0.1) is 0 Å². The molecular weight excluding hydrogens is 657 g/mol. The molecule has 0 bridgehead atoms. The van der Waals surface area contributed by atoms with Crippen LogP contribution in [-0.4, -0.2) is 57.3 Å². The highest BCUT2D eigenvalue weighted by Gasteiger charge is 2.35. The Balaban J connectivity index is 0.000000529. The van der Waals surface area contributed by atoms with Gasteiger partial charge in [-0.15, -0.1) is 0 Å². The molecule has 0 spiro atoms. The molecule has 0 fully saturated rings. The van der Waals surface area contributed by atoms with Crippen LogP contribution in [0.15, 0.2) is 36.4 Å². The molecule has 0 aliphatic carbocycles. The van der Waals surface area contributed by atoms with Crippen LogP contribution < -0.4 is 40.9 Å². The molecule has 11 heteroatoms. The van der Waals surface area contributed by atoms with Gasteiger partial charge >= 0.3 is 6.18 Å². The zero-order valence-corrected chi connectivity index (χ0v) is 28.9. The number of ether oxygens (including phenoxy) is 1. The highest BCUT2D eigenvalue weighted by molar-refractivity contribution is 5.95. The second-order valence-corrected chi connectivity index (χ2v) is 14.2. The lowest BCUT2D eigenvalue weighted by atomic mass is 9.82. The number of halogens is 3. The number of anilines is 1. The number of amides is 1. The van der Waals surface area contributed by atoms with E-state index in [1.165, 1.54) is 80.9 Å². The predicted molar refractivity (Wildman–Crippen MR) is 188 cm³/mol. The van der Waals surface area contributed by atoms with E-state index in [0.29, 0.717) is 6.54 Å². The van der Waals surface area contributed by atoms with E-state index in [2.05, 4.69) is 39.1 Å². The molecule has 0 atom stereocenters. The van der Waals surface area contributed by atoms with Crippen molar-refractivity contribution in [3.63, 3.8) is 0 Å². The second-order valence-electron chi connectivity index (χ2n) is 14.2. The smallest absolute Gasteiger partial charge is 0.430 e. The molecule has 0 aromatic heterocycles. The van der Waals surface area contributed by atoms with Crippen LogP contribution in [-0.2, 0) is 30.5 Å². The molecule has 1 amide bonds. The number of hydrogen-bond donors (Lipinski definition) is 2. The molecule has 0 saturated carbocycles. The van der Waals surface area contributed by atoms with Gasteiger partial charge < -0.3 is 30.6 Å². The number of fused-ring (bicyclic) bond motifs is 4. The molecule has 0 unspecified atom stereocenters. The van der Waals surface area contributed by atoms with Crippen molar-refractivity contribution < 1.29 is 32.6 Å². The number of hydrogen-bond acceptors (Lipinski definition) is 6. The summed E-state index contributed by atoms with van der Waals surface area (Å²) in [5.41, 5.74) is 17.2. The molecule has 51 heavy (non-hydrogen) atoms. The van der Waals surface area contributed by atoms with Crippen LogP contribution in [0.2, 0.25) is 0 Å². The van der Waals surface area contributed by atoms with E-state index in [9.17, 15) is 18.0 Å². The lowest BCUT2D eigenvalue weighted by Gasteiger charge is -2.39. The van der Waals surface area contributed by atoms with Crippen molar-refractivity contribution in [2.24, 2.45) is 5.73 Å². The Bertz CT molecular complexity index is 1970. The van der Waals surface area contributed by atoms with Gasteiger partial charge in [-0.1, -0.05) is 25.0 Å². The van der Waals surface area contributed by atoms with Gasteiger partial charge in [-0.2, -0.15) is 13.2 Å². The van der Waals surface area contributed by atoms with Gasteiger partial charge in [0.15, 0.2) is 0 Å². The fraction of sp³-hybridized carbons (Fsp3) is 0.475. The van der Waals surface area contributed by atoms with Gasteiger partial charge in [0.1, 0.15) is 30.6 Å². The SMILES string of the molecule is NCCCCCCNC(=O)c1ccc(C2=c3cc4c5c(c3Oc3c2cc2c6c3CCCN6CCC2)CCC[N+]=5CCC4)cc1.O=C([O-])C(F)(F)F. The molecule has 8 rings (SSSR count). The molecule has 270 valence electrons. The summed E-state index contributed by atoms with van der Waals surface area (Å²) >= 11 is 0. The maximum atomic E-state index is 13.0. The summed E-state index contributed by atoms with van der Waals surface area (Å²) in [6.45, 7) is 6.04. The second kappa shape index (κ2) is 14.7. The van der Waals surface area contributed by atoms with Gasteiger partial charge in [0.05, 0.1) is 5.56 Å². The quantitative estimate of drug-likeness (QED) is 0.214. The number of carboxylic acid groups (broad SMARTS) is 1. The summed E-state index contributed by atoms with van der Waals surface area (Å²) in [6, 6.07) is 13.3. The minimum absolute atomic E-state index is 0.00494. The van der Waals surface area contributed by atoms with E-state index in [4.69, 9.17) is 20.4 Å². The molecule has 3 aromatic rings. The van der Waals surface area contributed by atoms with E-state index in [-0.39, 0.29) is 5.91 Å². The maximum absolute atomic E-state index is 13.0. The van der Waals surface area contributed by atoms with Crippen LogP contribution in [0.3, 0.4) is 0 Å². The molecule has 3 N–H and O–H groups in total. The number of nitrogens with one attached hydrogen (secondary N) is 1. The summed E-state index contributed by atoms with van der Waals surface area (Å²) in [6.07, 6.45) is 8.24. The molecule has 0 radical (unpaired) electrons. The zero-order valence-electron chi connectivity index (χ0n) is 28.9. The van der Waals surface area contributed by atoms with Crippen LogP contribution >= 0.6 is 0 Å². The Morgan fingerprint density at radius 1 is 0.863 bits per heavy atom. The minimum Gasteiger partial charge on any atom is -0.542 e. The number of aliphatic carboxylic acids is 1. The lowest BCUT2D eigenvalue weighted by molar-refractivity contribution is -0.344. The summed E-state index contributed by atoms with van der Waals surface area (Å²) in [5.74, 6) is -0.838. The summed E-state index contributed by atoms with van der Waals surface area (Å²) < 4.78 is 41.3. The fourth-order valence-electron chi connectivity index (χ4n) is 8.54. The number of carbonyl (C=O) groups excluding carboxylic acids is 2. The molecule has 5 aliphatic heterocycles. The highest BCUT2D eigenvalue weighted by atomic mass is 19.4. The van der Waals surface area contributed by atoms with Gasteiger partial charge in [0.25, 0.3) is 5.91 Å². The molecular formula is C40H45F3N4O4. The van der Waals surface area contributed by atoms with Crippen LogP contribution in [0.25, 0.3) is 5.57 Å². The average molecular weight is 703 g/mol. The molecule has 5 heterocycles. The van der Waals surface area contributed by atoms with Crippen LogP contribution in [0.4, 0.5) is 18.9 Å². The fourth-order valence-corrected chi connectivity index (χ4v) is 8.54. The van der Waals surface area contributed by atoms with Crippen molar-refractivity contribution in [2.45, 2.75) is 83.2 Å². The molecule has 8 nitrogen and oxygen atoms in total. The van der Waals surface area contributed by atoms with Crippen molar-refractivity contribution in [2.75, 3.05) is 44.2 Å². The normalized spacial score (nSPS) is 16.8. The first-order valence-corrected chi connectivity index (χ1v) is 18.5. The minimum atomic E-state index is -5.19. The van der Waals surface area contributed by atoms with Crippen molar-refractivity contribution in [1.82, 2.24) is 9.89 Å². The number of nitrogens with zero attached hydrogens (tertiary/aromatic N) is 2. The van der Waals surface area contributed by atoms with E-state index in [0.717, 1.165) is 101 Å². The lowest BCUT2D eigenvalue weighted by Crippen LogP contribution is -2.45. The van der Waals surface area contributed by atoms with E-state index in [1.54, 1.807) is 0 Å². The van der Waals surface area contributed by atoms with Gasteiger partial charge in [-0.05, 0) is 93.3 Å². The van der Waals surface area contributed by atoms with Gasteiger partial charge in [0, 0.05) is 71.2 Å². The third-order valence-corrected chi connectivity index (χ3v) is 10.8. The summed E-state index contributed by atoms with van der Waals surface area (Å²) in [5, 5.41) is 14.6. The number of rotatable bonds is 8. The maximum Gasteiger partial charge on any atom is 0.430 e. The standard InChI is InChI=1S/C38H44N4O2.C2HF3O2/c39-17-3-1-2-4-18-40-38(43)26-15-13-25(14-16-26)33-31-23-27-9-5-19-41-21-7-11-29(34(27)41)36(31)44-37-30-12-8-22-42-20-6-10-28(35(30)42)24-32(33)37;3-2(4,5)1(6)7/h13-16,23-24H,1-12,17-22,39H2;(H,6,7). The Kier molecular flexibility index (Phi) is 10.1. The predicted octanol–water partition coefficient (Wildman–Crippen LogP) is 3.67. The Morgan fingerprint density at radius 3 is 2.25 bits per heavy atom. The van der Waals surface area contributed by atoms with Crippen LogP contribution in [0.1, 0.15) is 95.1 Å². The van der Waals surface area contributed by atoms with Crippen molar-refractivity contribution >= 4 is 23.1 Å². The third kappa shape index (κ3) is 6.97. The van der Waals surface area contributed by atoms with E-state index in [1.807, 2.05) is 12.1 Å². The Morgan fingerprint density at radius 2 is 1.53 bits per heavy atom. The number of benzene rings is 3. The van der Waals surface area contributed by atoms with Gasteiger partial charge in [-0.25, -0.2) is 4.58 Å². The zero-order chi connectivity index (χ0) is 35.7. The number of carboxylic acids is 1. The highest BCUT2D eigenvalue weighted by Crippen LogP contribution is 2.48. The van der Waals surface area contributed by atoms with Crippen molar-refractivity contribution in [3.8, 4) is 11.5 Å². The van der Waals surface area contributed by atoms with E-state index >= 15 is 0 Å². The van der Waals surface area contributed by atoms with Gasteiger partial charge in [0.2, 0.25) is 5.36 Å². The molecule has 5 aliphatic rings. The first-order chi connectivity index (χ1) is 24.7. The van der Waals surface area contributed by atoms with Crippen LogP contribution in [0.5, 0.6) is 11.5 Å². The topological polar surface area (TPSA) is 111 Å². The third-order valence-electron chi connectivity index (χ3n) is 10.8. The monoisotopic (exact) mass is 702 g/mol. The average Bonchev–Trinajstić information content (AvgIpc) is 3.13. The molecule has 0 saturated heterocycles. The number of nitrogens with two attached hydrogens (primary N) is 1.